The van der Waals surface area contributed by atoms with Crippen molar-refractivity contribution in [3.05, 3.63) is 83.9 Å². The second kappa shape index (κ2) is 12.2. The van der Waals surface area contributed by atoms with Crippen molar-refractivity contribution in [2.45, 2.75) is 6.42 Å². The minimum absolute atomic E-state index is 0.194. The van der Waals surface area contributed by atoms with Gasteiger partial charge in [-0.1, -0.05) is 12.1 Å². The van der Waals surface area contributed by atoms with Crippen LogP contribution in [-0.2, 0) is 27.4 Å². The zero-order valence-corrected chi connectivity index (χ0v) is 18.1. The van der Waals surface area contributed by atoms with E-state index >= 15 is 0 Å². The summed E-state index contributed by atoms with van der Waals surface area (Å²) in [6, 6.07) is 20.1. The minimum Gasteiger partial charge on any atom is -0.385 e. The standard InChI is InChI=1S/C22H22N4O6S/c27-15-23-25-19-9-7-18(8-10-19)24-22(28)17-3-11-21(12-4-17)32-33(30)26-20-5-1-16(2-6-20)13-14-31-29/h1-12,15,25-26,29H,13-14H2,(H,23,27)(H,24,28). The maximum atomic E-state index is 12.4. The second-order valence-corrected chi connectivity index (χ2v) is 7.48. The third-order valence-electron chi connectivity index (χ3n) is 4.34. The number of carbonyl (C=O) groups excluding carboxylic acids is 2. The van der Waals surface area contributed by atoms with Gasteiger partial charge in [-0.25, -0.2) is 4.89 Å². The molecule has 0 heterocycles. The third-order valence-corrected chi connectivity index (χ3v) is 5.09. The fourth-order valence-corrected chi connectivity index (χ4v) is 3.38. The van der Waals surface area contributed by atoms with Gasteiger partial charge < -0.3 is 9.50 Å². The molecule has 5 N–H and O–H groups in total. The number of hydrazine groups is 1. The predicted molar refractivity (Wildman–Crippen MR) is 125 cm³/mol. The molecule has 2 amide bonds. The van der Waals surface area contributed by atoms with E-state index in [1.807, 2.05) is 12.1 Å². The Kier molecular flexibility index (Phi) is 8.77. The summed E-state index contributed by atoms with van der Waals surface area (Å²) in [5.74, 6) is 0.00594. The highest BCUT2D eigenvalue weighted by atomic mass is 32.2. The molecule has 3 aromatic carbocycles. The predicted octanol–water partition coefficient (Wildman–Crippen LogP) is 3.11. The smallest absolute Gasteiger partial charge is 0.316 e. The van der Waals surface area contributed by atoms with Crippen molar-refractivity contribution in [1.29, 1.82) is 0 Å². The first-order chi connectivity index (χ1) is 16.1. The largest absolute Gasteiger partial charge is 0.385 e. The molecule has 11 heteroatoms. The zero-order valence-electron chi connectivity index (χ0n) is 17.3. The molecular weight excluding hydrogens is 448 g/mol. The maximum absolute atomic E-state index is 12.4. The van der Waals surface area contributed by atoms with Crippen molar-refractivity contribution in [2.75, 3.05) is 22.1 Å². The van der Waals surface area contributed by atoms with E-state index in [9.17, 15) is 13.8 Å². The monoisotopic (exact) mass is 470 g/mol. The summed E-state index contributed by atoms with van der Waals surface area (Å²) in [5, 5.41) is 11.1. The Bertz CT molecular complexity index is 1080. The number of carbonyl (C=O) groups is 2. The van der Waals surface area contributed by atoms with Gasteiger partial charge in [0.1, 0.15) is 5.75 Å². The Hall–Kier alpha value is -3.93. The number of hydrogen-bond donors (Lipinski definition) is 5. The second-order valence-electron chi connectivity index (χ2n) is 6.64. The number of nitrogens with one attached hydrogen (secondary N) is 4. The maximum Gasteiger partial charge on any atom is 0.316 e. The van der Waals surface area contributed by atoms with Crippen LogP contribution in [0.3, 0.4) is 0 Å². The van der Waals surface area contributed by atoms with Crippen molar-refractivity contribution >= 4 is 40.6 Å². The molecule has 0 radical (unpaired) electrons. The van der Waals surface area contributed by atoms with Crippen LogP contribution in [0, 0.1) is 0 Å². The molecule has 1 unspecified atom stereocenters. The van der Waals surface area contributed by atoms with Gasteiger partial charge in [0.15, 0.2) is 0 Å². The summed E-state index contributed by atoms with van der Waals surface area (Å²) < 4.78 is 20.3. The molecule has 10 nitrogen and oxygen atoms in total. The topological polar surface area (TPSA) is 138 Å². The fourth-order valence-electron chi connectivity index (χ4n) is 2.72. The SMILES string of the molecule is O=CNNc1ccc(NC(=O)c2ccc(OS(=O)Nc3ccc(CCOO)cc3)cc2)cc1. The molecule has 1 atom stereocenters. The number of hydrogen-bond acceptors (Lipinski definition) is 7. The van der Waals surface area contributed by atoms with E-state index in [2.05, 4.69) is 25.8 Å². The molecule has 0 aromatic heterocycles. The zero-order chi connectivity index (χ0) is 23.5. The lowest BCUT2D eigenvalue weighted by molar-refractivity contribution is -0.241. The van der Waals surface area contributed by atoms with Crippen molar-refractivity contribution < 1.29 is 28.1 Å². The Labute approximate surface area is 192 Å². The van der Waals surface area contributed by atoms with Crippen LogP contribution >= 0.6 is 0 Å². The quantitative estimate of drug-likeness (QED) is 0.156. The summed E-state index contributed by atoms with van der Waals surface area (Å²) in [6.45, 7) is 0.194. The van der Waals surface area contributed by atoms with E-state index < -0.39 is 11.3 Å². The molecule has 0 aliphatic carbocycles. The van der Waals surface area contributed by atoms with Gasteiger partial charge in [0.05, 0.1) is 12.3 Å². The molecule has 0 saturated carbocycles. The lowest BCUT2D eigenvalue weighted by Gasteiger charge is -2.09. The van der Waals surface area contributed by atoms with Crippen LogP contribution in [0.1, 0.15) is 15.9 Å². The van der Waals surface area contributed by atoms with Crippen LogP contribution in [0.4, 0.5) is 17.1 Å². The van der Waals surface area contributed by atoms with Gasteiger partial charge in [-0.3, -0.25) is 30.4 Å². The molecular formula is C22H22N4O6S. The molecule has 3 rings (SSSR count). The molecule has 3 aromatic rings. The van der Waals surface area contributed by atoms with Crippen molar-refractivity contribution in [3.8, 4) is 5.75 Å². The highest BCUT2D eigenvalue weighted by molar-refractivity contribution is 7.81. The average molecular weight is 471 g/mol. The van der Waals surface area contributed by atoms with Crippen LogP contribution in [-0.4, -0.2) is 28.4 Å². The van der Waals surface area contributed by atoms with E-state index in [1.165, 1.54) is 0 Å². The Balaban J connectivity index is 1.50. The average Bonchev–Trinajstić information content (AvgIpc) is 2.83. The number of anilines is 3. The molecule has 172 valence electrons. The lowest BCUT2D eigenvalue weighted by Crippen LogP contribution is -2.18. The normalized spacial score (nSPS) is 11.2. The first kappa shape index (κ1) is 23.7. The van der Waals surface area contributed by atoms with Crippen molar-refractivity contribution in [1.82, 2.24) is 5.43 Å². The van der Waals surface area contributed by atoms with E-state index in [4.69, 9.17) is 9.44 Å². The lowest BCUT2D eigenvalue weighted by atomic mass is 10.1. The molecule has 0 fully saturated rings. The molecule has 0 saturated heterocycles. The van der Waals surface area contributed by atoms with E-state index in [-0.39, 0.29) is 12.5 Å². The Morgan fingerprint density at radius 2 is 1.55 bits per heavy atom. The van der Waals surface area contributed by atoms with Gasteiger partial charge in [-0.15, -0.1) is 0 Å². The van der Waals surface area contributed by atoms with Gasteiger partial charge in [-0.2, -0.15) is 4.21 Å². The fraction of sp³-hybridized carbons (Fsp3) is 0.0909. The molecule has 0 aliphatic heterocycles. The molecule has 0 bridgehead atoms. The van der Waals surface area contributed by atoms with Crippen LogP contribution in [0.2, 0.25) is 0 Å². The Morgan fingerprint density at radius 3 is 2.18 bits per heavy atom. The minimum atomic E-state index is -1.84. The van der Waals surface area contributed by atoms with E-state index in [1.54, 1.807) is 60.7 Å². The highest BCUT2D eigenvalue weighted by Gasteiger charge is 2.09. The molecule has 0 aliphatic rings. The van der Waals surface area contributed by atoms with Crippen LogP contribution < -0.4 is 25.1 Å². The summed E-state index contributed by atoms with van der Waals surface area (Å²) >= 11 is -1.84. The van der Waals surface area contributed by atoms with E-state index in [0.717, 1.165) is 5.56 Å². The Morgan fingerprint density at radius 1 is 0.909 bits per heavy atom. The van der Waals surface area contributed by atoms with E-state index in [0.29, 0.717) is 41.2 Å². The summed E-state index contributed by atoms with van der Waals surface area (Å²) in [7, 11) is 0. The third kappa shape index (κ3) is 7.61. The van der Waals surface area contributed by atoms with Gasteiger partial charge >= 0.3 is 11.3 Å². The van der Waals surface area contributed by atoms with Crippen molar-refractivity contribution in [3.63, 3.8) is 0 Å². The summed E-state index contributed by atoms with van der Waals surface area (Å²) in [6.07, 6.45) is 1.07. The van der Waals surface area contributed by atoms with Crippen molar-refractivity contribution in [2.24, 2.45) is 0 Å². The van der Waals surface area contributed by atoms with Gasteiger partial charge in [0, 0.05) is 16.9 Å². The van der Waals surface area contributed by atoms with Crippen LogP contribution in [0.15, 0.2) is 72.8 Å². The van der Waals surface area contributed by atoms with Gasteiger partial charge in [0.25, 0.3) is 5.91 Å². The number of rotatable bonds is 12. The first-order valence-electron chi connectivity index (χ1n) is 9.76. The first-order valence-corrected chi connectivity index (χ1v) is 10.8. The van der Waals surface area contributed by atoms with Gasteiger partial charge in [-0.05, 0) is 72.6 Å². The van der Waals surface area contributed by atoms with Gasteiger partial charge in [0.2, 0.25) is 6.41 Å². The van der Waals surface area contributed by atoms with Crippen LogP contribution in [0.25, 0.3) is 0 Å². The summed E-state index contributed by atoms with van der Waals surface area (Å²) in [5.41, 5.74) is 8.18. The van der Waals surface area contributed by atoms with Crippen LogP contribution in [0.5, 0.6) is 5.75 Å². The highest BCUT2D eigenvalue weighted by Crippen LogP contribution is 2.18. The number of benzene rings is 3. The summed E-state index contributed by atoms with van der Waals surface area (Å²) in [4.78, 5) is 26.8. The number of amides is 2. The molecule has 33 heavy (non-hydrogen) atoms. The molecule has 0 spiro atoms.